The Morgan fingerprint density at radius 3 is 2.69 bits per heavy atom. The standard InChI is InChI=1S/C18H12F2N.C11H10N2.Ir/c1-12-11-21-18(14-7-15(19)9-16(20)8-14)10-17(12)13-5-3-2-4-6-13;1-2-4-10-9(3-1)5-7-13-8-6-12-11(10)13;/h2-7,9-11H,1H3;1-3,6,8,11H,5,7H2;/q-1;-2;+3. The predicted molar refractivity (Wildman–Crippen MR) is 130 cm³/mol. The zero-order valence-electron chi connectivity index (χ0n) is 19.0. The number of halogens is 2. The number of benzene rings is 3. The Morgan fingerprint density at radius 2 is 1.89 bits per heavy atom. The van der Waals surface area contributed by atoms with E-state index in [2.05, 4.69) is 45.7 Å². The number of fused-ring (bicyclic) bond motifs is 3. The second-order valence-corrected chi connectivity index (χ2v) is 8.23. The third-order valence-electron chi connectivity index (χ3n) is 5.94. The molecule has 6 rings (SSSR count). The number of rotatable bonds is 2. The van der Waals surface area contributed by atoms with Crippen LogP contribution in [-0.2, 0) is 26.5 Å². The smallest absolute Gasteiger partial charge is 0.668 e. The van der Waals surface area contributed by atoms with Crippen LogP contribution in [0.15, 0.2) is 85.3 Å². The summed E-state index contributed by atoms with van der Waals surface area (Å²) in [6.45, 7) is 3.03. The molecule has 1 unspecified atom stereocenters. The van der Waals surface area contributed by atoms with Crippen molar-refractivity contribution in [1.29, 1.82) is 0 Å². The van der Waals surface area contributed by atoms with Crippen LogP contribution in [0.25, 0.3) is 27.7 Å². The van der Waals surface area contributed by atoms with Gasteiger partial charge < -0.3 is 15.2 Å². The summed E-state index contributed by atoms with van der Waals surface area (Å²) in [5.41, 5.74) is 6.48. The van der Waals surface area contributed by atoms with Crippen LogP contribution in [0.1, 0.15) is 22.9 Å². The molecule has 3 heterocycles. The first-order chi connectivity index (χ1) is 16.6. The van der Waals surface area contributed by atoms with E-state index in [4.69, 9.17) is 0 Å². The third-order valence-corrected chi connectivity index (χ3v) is 5.94. The van der Waals surface area contributed by atoms with Gasteiger partial charge in [-0.15, -0.1) is 17.7 Å². The van der Waals surface area contributed by atoms with Crippen molar-refractivity contribution in [3.63, 3.8) is 0 Å². The first-order valence-electron chi connectivity index (χ1n) is 11.1. The minimum absolute atomic E-state index is 0. The molecule has 0 N–H and O–H groups in total. The summed E-state index contributed by atoms with van der Waals surface area (Å²) in [5, 5.41) is 4.41. The van der Waals surface area contributed by atoms with Gasteiger partial charge in [0.2, 0.25) is 0 Å². The van der Waals surface area contributed by atoms with E-state index in [0.717, 1.165) is 35.7 Å². The van der Waals surface area contributed by atoms with Gasteiger partial charge in [0.05, 0.1) is 0 Å². The van der Waals surface area contributed by atoms with Gasteiger partial charge in [-0.2, -0.15) is 41.6 Å². The first-order valence-corrected chi connectivity index (χ1v) is 11.1. The van der Waals surface area contributed by atoms with Crippen molar-refractivity contribution in [1.82, 2.24) is 9.88 Å². The summed E-state index contributed by atoms with van der Waals surface area (Å²) < 4.78 is 26.6. The molecular formula is C29H22F2IrN3. The Kier molecular flexibility index (Phi) is 7.74. The molecule has 1 atom stereocenters. The minimum Gasteiger partial charge on any atom is -0.668 e. The molecular weight excluding hydrogens is 621 g/mol. The normalized spacial score (nSPS) is 15.2. The predicted octanol–water partition coefficient (Wildman–Crippen LogP) is 7.00. The Hall–Kier alpha value is -3.34. The molecule has 2 aliphatic rings. The molecule has 0 spiro atoms. The molecule has 0 aliphatic carbocycles. The quantitative estimate of drug-likeness (QED) is 0.221. The van der Waals surface area contributed by atoms with Crippen LogP contribution in [0.3, 0.4) is 0 Å². The summed E-state index contributed by atoms with van der Waals surface area (Å²) >= 11 is 0. The zero-order valence-corrected chi connectivity index (χ0v) is 21.4. The summed E-state index contributed by atoms with van der Waals surface area (Å²) in [6, 6.07) is 25.7. The van der Waals surface area contributed by atoms with E-state index in [0.29, 0.717) is 11.3 Å². The summed E-state index contributed by atoms with van der Waals surface area (Å²) in [6.07, 6.45) is 6.98. The SMILES string of the molecule is Cc1cnc(-c2[c-]c(F)cc(F)c2)cc1-c1ccccc1.[Ir+3].[c-]1cccc2c1C1[N-]C=CN1CC2. The monoisotopic (exact) mass is 643 g/mol. The van der Waals surface area contributed by atoms with Crippen LogP contribution < -0.4 is 0 Å². The zero-order chi connectivity index (χ0) is 23.5. The fourth-order valence-corrected chi connectivity index (χ4v) is 4.24. The Morgan fingerprint density at radius 1 is 1.06 bits per heavy atom. The van der Waals surface area contributed by atoms with E-state index in [-0.39, 0.29) is 26.3 Å². The fourth-order valence-electron chi connectivity index (χ4n) is 4.24. The summed E-state index contributed by atoms with van der Waals surface area (Å²) in [7, 11) is 0. The molecule has 0 amide bonds. The fraction of sp³-hybridized carbons (Fsp3) is 0.138. The summed E-state index contributed by atoms with van der Waals surface area (Å²) in [4.78, 5) is 6.52. The topological polar surface area (TPSA) is 30.2 Å². The second-order valence-electron chi connectivity index (χ2n) is 8.23. The number of nitrogens with zero attached hydrogens (tertiary/aromatic N) is 3. The second kappa shape index (κ2) is 10.9. The third kappa shape index (κ3) is 5.50. The maximum atomic E-state index is 13.3. The number of pyridine rings is 1. The first kappa shape index (κ1) is 24.8. The van der Waals surface area contributed by atoms with Gasteiger partial charge in [-0.05, 0) is 41.7 Å². The van der Waals surface area contributed by atoms with Gasteiger partial charge in [-0.3, -0.25) is 0 Å². The van der Waals surface area contributed by atoms with Crippen molar-refractivity contribution in [2.24, 2.45) is 0 Å². The van der Waals surface area contributed by atoms with Crippen LogP contribution in [0.5, 0.6) is 0 Å². The number of aromatic nitrogens is 1. The van der Waals surface area contributed by atoms with E-state index >= 15 is 0 Å². The summed E-state index contributed by atoms with van der Waals surface area (Å²) in [5.74, 6) is -1.36. The van der Waals surface area contributed by atoms with Crippen molar-refractivity contribution >= 4 is 0 Å². The van der Waals surface area contributed by atoms with Crippen molar-refractivity contribution < 1.29 is 28.9 Å². The molecule has 176 valence electrons. The molecule has 0 radical (unpaired) electrons. The maximum Gasteiger partial charge on any atom is 3.00 e. The average Bonchev–Trinajstić information content (AvgIpc) is 3.34. The molecule has 4 aromatic rings. The number of hydrogen-bond donors (Lipinski definition) is 0. The molecule has 3 nitrogen and oxygen atoms in total. The molecule has 0 fully saturated rings. The van der Waals surface area contributed by atoms with Gasteiger partial charge in [-0.25, -0.2) is 8.78 Å². The Labute approximate surface area is 217 Å². The van der Waals surface area contributed by atoms with Crippen LogP contribution in [0.4, 0.5) is 8.78 Å². The van der Waals surface area contributed by atoms with Gasteiger partial charge in [0, 0.05) is 24.4 Å². The molecule has 0 bridgehead atoms. The van der Waals surface area contributed by atoms with Crippen molar-refractivity contribution in [3.05, 3.63) is 131 Å². The molecule has 6 heteroatoms. The minimum atomic E-state index is -0.728. The Bertz CT molecular complexity index is 1320. The van der Waals surface area contributed by atoms with Crippen molar-refractivity contribution in [2.75, 3.05) is 6.54 Å². The van der Waals surface area contributed by atoms with Crippen LogP contribution >= 0.6 is 0 Å². The van der Waals surface area contributed by atoms with E-state index in [1.54, 1.807) is 6.20 Å². The van der Waals surface area contributed by atoms with E-state index in [1.165, 1.54) is 17.2 Å². The van der Waals surface area contributed by atoms with Gasteiger partial charge >= 0.3 is 20.1 Å². The molecule has 1 aromatic heterocycles. The van der Waals surface area contributed by atoms with Gasteiger partial charge in [0.1, 0.15) is 0 Å². The number of aryl methyl sites for hydroxylation is 1. The van der Waals surface area contributed by atoms with Crippen LogP contribution in [0, 0.1) is 30.7 Å². The maximum absolute atomic E-state index is 13.3. The van der Waals surface area contributed by atoms with Crippen molar-refractivity contribution in [3.8, 4) is 22.4 Å². The molecule has 2 aliphatic heterocycles. The van der Waals surface area contributed by atoms with E-state index in [9.17, 15) is 8.78 Å². The number of hydrogen-bond acceptors (Lipinski definition) is 2. The molecule has 0 saturated heterocycles. The largest absolute Gasteiger partial charge is 3.00 e. The molecule has 0 saturated carbocycles. The van der Waals surface area contributed by atoms with Crippen molar-refractivity contribution in [2.45, 2.75) is 19.5 Å². The van der Waals surface area contributed by atoms with Crippen LogP contribution in [0.2, 0.25) is 0 Å². The van der Waals surface area contributed by atoms with Gasteiger partial charge in [0.15, 0.2) is 0 Å². The van der Waals surface area contributed by atoms with E-state index in [1.807, 2.05) is 55.6 Å². The van der Waals surface area contributed by atoms with E-state index < -0.39 is 11.6 Å². The van der Waals surface area contributed by atoms with Gasteiger partial charge in [-0.1, -0.05) is 48.9 Å². The molecule has 3 aromatic carbocycles. The van der Waals surface area contributed by atoms with Gasteiger partial charge in [0.25, 0.3) is 0 Å². The Balaban J connectivity index is 0.000000177. The van der Waals surface area contributed by atoms with Crippen LogP contribution in [-0.4, -0.2) is 16.4 Å². The average molecular weight is 643 g/mol. The molecule has 35 heavy (non-hydrogen) atoms.